The van der Waals surface area contributed by atoms with Crippen molar-refractivity contribution in [3.8, 4) is 5.69 Å². The van der Waals surface area contributed by atoms with Gasteiger partial charge in [0.25, 0.3) is 0 Å². The number of halogens is 4. The molecule has 1 heterocycles. The van der Waals surface area contributed by atoms with E-state index in [2.05, 4.69) is 36.8 Å². The lowest BCUT2D eigenvalue weighted by Crippen LogP contribution is -2.02. The second-order valence-corrected chi connectivity index (χ2v) is 6.68. The van der Waals surface area contributed by atoms with Gasteiger partial charge in [0.05, 0.1) is 21.2 Å². The second kappa shape index (κ2) is 6.07. The highest BCUT2D eigenvalue weighted by Gasteiger charge is 2.13. The van der Waals surface area contributed by atoms with E-state index in [1.165, 1.54) is 6.07 Å². The SMILES string of the molecule is Fc1cc(-n2c(CCCl)nc3ccc(Br)cc32)ccc1Br. The molecule has 0 unspecified atom stereocenters. The first-order valence-corrected chi connectivity index (χ1v) is 8.40. The molecule has 21 heavy (non-hydrogen) atoms. The molecule has 6 heteroatoms. The number of hydrogen-bond acceptors (Lipinski definition) is 1. The Labute approximate surface area is 143 Å². The van der Waals surface area contributed by atoms with E-state index < -0.39 is 0 Å². The maximum atomic E-state index is 13.9. The van der Waals surface area contributed by atoms with Crippen molar-refractivity contribution in [2.45, 2.75) is 6.42 Å². The van der Waals surface area contributed by atoms with Crippen molar-refractivity contribution in [1.29, 1.82) is 0 Å². The molecule has 0 fully saturated rings. The molecule has 0 aliphatic carbocycles. The van der Waals surface area contributed by atoms with Gasteiger partial charge in [-0.25, -0.2) is 9.37 Å². The van der Waals surface area contributed by atoms with E-state index >= 15 is 0 Å². The van der Waals surface area contributed by atoms with E-state index in [-0.39, 0.29) is 5.82 Å². The third-order valence-electron chi connectivity index (χ3n) is 3.17. The fraction of sp³-hybridized carbons (Fsp3) is 0.133. The third-order valence-corrected chi connectivity index (χ3v) is 4.49. The van der Waals surface area contributed by atoms with Crippen molar-refractivity contribution in [2.24, 2.45) is 0 Å². The number of hydrogen-bond donors (Lipinski definition) is 0. The van der Waals surface area contributed by atoms with Gasteiger partial charge in [-0.05, 0) is 52.3 Å². The van der Waals surface area contributed by atoms with E-state index in [4.69, 9.17) is 11.6 Å². The Bertz CT molecular complexity index is 817. The lowest BCUT2D eigenvalue weighted by Gasteiger charge is -2.09. The number of aryl methyl sites for hydroxylation is 1. The quantitative estimate of drug-likeness (QED) is 0.502. The lowest BCUT2D eigenvalue weighted by atomic mass is 10.2. The van der Waals surface area contributed by atoms with Crippen LogP contribution in [0.25, 0.3) is 16.7 Å². The van der Waals surface area contributed by atoms with Crippen LogP contribution in [-0.2, 0) is 6.42 Å². The molecule has 0 aliphatic heterocycles. The number of imidazole rings is 1. The van der Waals surface area contributed by atoms with Gasteiger partial charge in [-0.15, -0.1) is 11.6 Å². The molecule has 0 spiro atoms. The minimum absolute atomic E-state index is 0.304. The summed E-state index contributed by atoms with van der Waals surface area (Å²) in [7, 11) is 0. The predicted molar refractivity (Wildman–Crippen MR) is 90.9 cm³/mol. The summed E-state index contributed by atoms with van der Waals surface area (Å²) in [6.45, 7) is 0. The van der Waals surface area contributed by atoms with Crippen LogP contribution in [0.3, 0.4) is 0 Å². The molecule has 0 radical (unpaired) electrons. The van der Waals surface area contributed by atoms with Crippen LogP contribution in [-0.4, -0.2) is 15.4 Å². The molecule has 3 rings (SSSR count). The Kier molecular flexibility index (Phi) is 4.33. The normalized spacial score (nSPS) is 11.2. The van der Waals surface area contributed by atoms with E-state index in [1.807, 2.05) is 28.8 Å². The summed E-state index contributed by atoms with van der Waals surface area (Å²) in [6, 6.07) is 10.9. The zero-order valence-corrected chi connectivity index (χ0v) is 14.7. The van der Waals surface area contributed by atoms with Crippen LogP contribution in [0.15, 0.2) is 45.3 Å². The molecule has 0 aliphatic rings. The summed E-state index contributed by atoms with van der Waals surface area (Å²) in [5.41, 5.74) is 2.52. The van der Waals surface area contributed by atoms with Crippen molar-refractivity contribution in [1.82, 2.24) is 9.55 Å². The number of alkyl halides is 1. The van der Waals surface area contributed by atoms with E-state index in [0.717, 1.165) is 27.0 Å². The number of fused-ring (bicyclic) bond motifs is 1. The van der Waals surface area contributed by atoms with Crippen LogP contribution in [0.4, 0.5) is 4.39 Å². The highest BCUT2D eigenvalue weighted by Crippen LogP contribution is 2.27. The van der Waals surface area contributed by atoms with Gasteiger partial charge >= 0.3 is 0 Å². The average Bonchev–Trinajstić information content (AvgIpc) is 2.80. The van der Waals surface area contributed by atoms with Gasteiger partial charge in [0.1, 0.15) is 11.6 Å². The first-order chi connectivity index (χ1) is 10.1. The van der Waals surface area contributed by atoms with Crippen molar-refractivity contribution >= 4 is 54.5 Å². The van der Waals surface area contributed by atoms with Crippen LogP contribution in [0.5, 0.6) is 0 Å². The smallest absolute Gasteiger partial charge is 0.139 e. The summed E-state index contributed by atoms with van der Waals surface area (Å²) in [5, 5.41) is 0. The summed E-state index contributed by atoms with van der Waals surface area (Å²) in [4.78, 5) is 4.60. The fourth-order valence-electron chi connectivity index (χ4n) is 2.26. The van der Waals surface area contributed by atoms with Gasteiger partial charge in [-0.3, -0.25) is 4.57 Å². The summed E-state index contributed by atoms with van der Waals surface area (Å²) >= 11 is 12.5. The Balaban J connectivity index is 2.29. The van der Waals surface area contributed by atoms with Gasteiger partial charge in [-0.2, -0.15) is 0 Å². The molecule has 0 bridgehead atoms. The number of benzene rings is 2. The minimum atomic E-state index is -0.304. The predicted octanol–water partition coefficient (Wildman–Crippen LogP) is 5.47. The Morgan fingerprint density at radius 3 is 2.67 bits per heavy atom. The fourth-order valence-corrected chi connectivity index (χ4v) is 3.03. The largest absolute Gasteiger partial charge is 0.296 e. The first kappa shape index (κ1) is 15.0. The van der Waals surface area contributed by atoms with Gasteiger partial charge < -0.3 is 0 Å². The molecule has 0 saturated carbocycles. The number of aromatic nitrogens is 2. The minimum Gasteiger partial charge on any atom is -0.296 e. The molecular weight excluding hydrogens is 422 g/mol. The van der Waals surface area contributed by atoms with Crippen molar-refractivity contribution < 1.29 is 4.39 Å². The molecule has 2 aromatic carbocycles. The Morgan fingerprint density at radius 2 is 1.95 bits per heavy atom. The average molecular weight is 433 g/mol. The van der Waals surface area contributed by atoms with Gasteiger partial charge in [0, 0.05) is 16.8 Å². The van der Waals surface area contributed by atoms with Gasteiger partial charge in [-0.1, -0.05) is 15.9 Å². The van der Waals surface area contributed by atoms with Crippen molar-refractivity contribution in [2.75, 3.05) is 5.88 Å². The highest BCUT2D eigenvalue weighted by atomic mass is 79.9. The van der Waals surface area contributed by atoms with Crippen LogP contribution in [0.1, 0.15) is 5.82 Å². The second-order valence-electron chi connectivity index (χ2n) is 4.53. The van der Waals surface area contributed by atoms with Crippen LogP contribution in [0.2, 0.25) is 0 Å². The van der Waals surface area contributed by atoms with E-state index in [0.29, 0.717) is 16.8 Å². The van der Waals surface area contributed by atoms with Crippen LogP contribution in [0, 0.1) is 5.82 Å². The summed E-state index contributed by atoms with van der Waals surface area (Å²) < 4.78 is 17.2. The number of rotatable bonds is 3. The van der Waals surface area contributed by atoms with Crippen molar-refractivity contribution in [3.05, 3.63) is 57.0 Å². The van der Waals surface area contributed by atoms with E-state index in [9.17, 15) is 4.39 Å². The van der Waals surface area contributed by atoms with Gasteiger partial charge in [0.2, 0.25) is 0 Å². The maximum absolute atomic E-state index is 13.9. The summed E-state index contributed by atoms with van der Waals surface area (Å²) in [6.07, 6.45) is 0.617. The first-order valence-electron chi connectivity index (χ1n) is 6.28. The zero-order valence-electron chi connectivity index (χ0n) is 10.8. The molecule has 3 aromatic rings. The Morgan fingerprint density at radius 1 is 1.14 bits per heavy atom. The monoisotopic (exact) mass is 430 g/mol. The Hall–Kier alpha value is -0.910. The third kappa shape index (κ3) is 2.87. The molecular formula is C15H10Br2ClFN2. The van der Waals surface area contributed by atoms with Gasteiger partial charge in [0.15, 0.2) is 0 Å². The molecule has 0 atom stereocenters. The van der Waals surface area contributed by atoms with E-state index in [1.54, 1.807) is 6.07 Å². The molecule has 0 N–H and O–H groups in total. The standard InChI is InChI=1S/C15H10Br2ClFN2/c16-9-1-4-13-14(7-9)21(15(20-13)5-6-18)10-2-3-11(17)12(19)8-10/h1-4,7-8H,5-6H2. The molecule has 0 saturated heterocycles. The summed E-state index contributed by atoms with van der Waals surface area (Å²) in [5.74, 6) is 0.977. The zero-order chi connectivity index (χ0) is 15.0. The van der Waals surface area contributed by atoms with Crippen molar-refractivity contribution in [3.63, 3.8) is 0 Å². The maximum Gasteiger partial charge on any atom is 0.139 e. The number of nitrogens with zero attached hydrogens (tertiary/aromatic N) is 2. The molecule has 2 nitrogen and oxygen atoms in total. The highest BCUT2D eigenvalue weighted by molar-refractivity contribution is 9.10. The molecule has 0 amide bonds. The van der Waals surface area contributed by atoms with Crippen LogP contribution >= 0.6 is 43.5 Å². The lowest BCUT2D eigenvalue weighted by molar-refractivity contribution is 0.619. The molecule has 1 aromatic heterocycles. The molecule has 108 valence electrons. The van der Waals surface area contributed by atoms with Crippen LogP contribution < -0.4 is 0 Å². The topological polar surface area (TPSA) is 17.8 Å².